The Hall–Kier alpha value is -1.29. The fourth-order valence-electron chi connectivity index (χ4n) is 2.27. The van der Waals surface area contributed by atoms with Gasteiger partial charge in [-0.25, -0.2) is 4.99 Å². The van der Waals surface area contributed by atoms with Crippen molar-refractivity contribution < 1.29 is 0 Å². The topological polar surface area (TPSA) is 67.1 Å². The molecule has 0 bridgehead atoms. The van der Waals surface area contributed by atoms with E-state index in [1.807, 2.05) is 48.5 Å². The molecule has 8 heteroatoms. The highest BCUT2D eigenvalue weighted by Crippen LogP contribution is 2.01. The van der Waals surface area contributed by atoms with E-state index in [9.17, 15) is 0 Å². The number of hydrogen-bond donors (Lipinski definition) is 2. The molecule has 144 valence electrons. The van der Waals surface area contributed by atoms with Crippen LogP contribution in [-0.2, 0) is 20.1 Å². The van der Waals surface area contributed by atoms with E-state index < -0.39 is 0 Å². The Morgan fingerprint density at radius 1 is 1.15 bits per heavy atom. The number of halogens is 1. The fourth-order valence-corrected chi connectivity index (χ4v) is 2.77. The summed E-state index contributed by atoms with van der Waals surface area (Å²) in [7, 11) is 1.98. The average Bonchev–Trinajstić information content (AvgIpc) is 2.96. The summed E-state index contributed by atoms with van der Waals surface area (Å²) < 4.78 is 1.99. The highest BCUT2D eigenvalue weighted by atomic mass is 127. The molecule has 0 saturated heterocycles. The first-order chi connectivity index (χ1) is 12.2. The Balaban J connectivity index is 0.00000338. The molecule has 2 aromatic rings. The lowest BCUT2D eigenvalue weighted by molar-refractivity contribution is 0.697. The maximum Gasteiger partial charge on any atom is 0.191 e. The molecule has 0 radical (unpaired) electrons. The third-order valence-corrected chi connectivity index (χ3v) is 4.62. The van der Waals surface area contributed by atoms with Crippen molar-refractivity contribution in [1.29, 1.82) is 0 Å². The molecule has 0 aliphatic rings. The number of nitrogens with one attached hydrogen (secondary N) is 2. The molecule has 2 rings (SSSR count). The number of hydrogen-bond acceptors (Lipinski definition) is 4. The summed E-state index contributed by atoms with van der Waals surface area (Å²) >= 11 is 1.89. The predicted molar refractivity (Wildman–Crippen MR) is 121 cm³/mol. The van der Waals surface area contributed by atoms with Crippen LogP contribution >= 0.6 is 35.7 Å². The number of unbranched alkanes of at least 4 members (excludes halogenated alkanes) is 1. The second kappa shape index (κ2) is 13.0. The van der Waals surface area contributed by atoms with Crippen LogP contribution in [0.2, 0.25) is 0 Å². The van der Waals surface area contributed by atoms with Crippen molar-refractivity contribution in [3.8, 4) is 0 Å². The van der Waals surface area contributed by atoms with Gasteiger partial charge in [-0.1, -0.05) is 30.3 Å². The summed E-state index contributed by atoms with van der Waals surface area (Å²) in [5.74, 6) is 3.82. The van der Waals surface area contributed by atoms with Crippen LogP contribution in [0.4, 0.5) is 0 Å². The number of aromatic nitrogens is 3. The molecule has 0 fully saturated rings. The van der Waals surface area contributed by atoms with E-state index in [1.165, 1.54) is 17.7 Å². The highest BCUT2D eigenvalue weighted by Gasteiger charge is 2.06. The Bertz CT molecular complexity index is 659. The molecule has 0 atom stereocenters. The lowest BCUT2D eigenvalue weighted by Crippen LogP contribution is -2.38. The molecule has 26 heavy (non-hydrogen) atoms. The van der Waals surface area contributed by atoms with Gasteiger partial charge in [0.1, 0.15) is 5.82 Å². The molecule has 0 aliphatic carbocycles. The highest BCUT2D eigenvalue weighted by molar-refractivity contribution is 14.0. The van der Waals surface area contributed by atoms with Gasteiger partial charge in [-0.2, -0.15) is 11.8 Å². The first-order valence-corrected chi connectivity index (χ1v) is 10.00. The van der Waals surface area contributed by atoms with Crippen molar-refractivity contribution in [1.82, 2.24) is 25.4 Å². The van der Waals surface area contributed by atoms with Crippen molar-refractivity contribution in [2.24, 2.45) is 12.0 Å². The molecule has 0 unspecified atom stereocenters. The van der Waals surface area contributed by atoms with Gasteiger partial charge in [-0.05, 0) is 37.3 Å². The van der Waals surface area contributed by atoms with Gasteiger partial charge in [0.25, 0.3) is 0 Å². The number of nitrogens with zero attached hydrogens (tertiary/aromatic N) is 4. The van der Waals surface area contributed by atoms with E-state index in [4.69, 9.17) is 4.99 Å². The van der Waals surface area contributed by atoms with Crippen molar-refractivity contribution in [2.45, 2.75) is 32.9 Å². The largest absolute Gasteiger partial charge is 0.356 e. The van der Waals surface area contributed by atoms with Gasteiger partial charge in [-0.3, -0.25) is 0 Å². The number of guanidine groups is 1. The normalized spacial score (nSPS) is 11.1. The molecule has 0 aliphatic heterocycles. The number of aliphatic imine (C=N–C) groups is 1. The van der Waals surface area contributed by atoms with Crippen molar-refractivity contribution in [3.63, 3.8) is 0 Å². The summed E-state index contributed by atoms with van der Waals surface area (Å²) in [6, 6.07) is 10.3. The number of benzene rings is 1. The summed E-state index contributed by atoms with van der Waals surface area (Å²) in [6.45, 7) is 4.12. The number of rotatable bonds is 9. The monoisotopic (exact) mass is 488 g/mol. The van der Waals surface area contributed by atoms with E-state index in [2.05, 4.69) is 39.2 Å². The lowest BCUT2D eigenvalue weighted by Gasteiger charge is -2.12. The van der Waals surface area contributed by atoms with Gasteiger partial charge in [-0.15, -0.1) is 34.2 Å². The maximum atomic E-state index is 4.70. The second-order valence-corrected chi connectivity index (χ2v) is 6.84. The molecule has 0 amide bonds. The summed E-state index contributed by atoms with van der Waals surface area (Å²) in [6.07, 6.45) is 4.49. The standard InChI is InChI=1S/C18H28N6S.HI/c1-15-22-23-17(24(15)2)14-21-18(19-11-7-8-12-25-3)20-13-16-9-5-4-6-10-16;/h4-6,9-10H,7-8,11-14H2,1-3H3,(H2,19,20,21);1H. The molecule has 6 nitrogen and oxygen atoms in total. The SMILES string of the molecule is CSCCCCNC(=NCc1ccccc1)NCc1nnc(C)n1C.I. The summed E-state index contributed by atoms with van der Waals surface area (Å²) in [5.41, 5.74) is 1.19. The zero-order valence-corrected chi connectivity index (χ0v) is 18.9. The van der Waals surface area contributed by atoms with Gasteiger partial charge in [0.15, 0.2) is 11.8 Å². The second-order valence-electron chi connectivity index (χ2n) is 5.85. The molecule has 0 saturated carbocycles. The Morgan fingerprint density at radius 3 is 2.58 bits per heavy atom. The molecular formula is C18H29IN6S. The minimum atomic E-state index is 0. The Morgan fingerprint density at radius 2 is 1.92 bits per heavy atom. The minimum Gasteiger partial charge on any atom is -0.356 e. The van der Waals surface area contributed by atoms with Crippen LogP contribution in [0.5, 0.6) is 0 Å². The molecular weight excluding hydrogens is 459 g/mol. The van der Waals surface area contributed by atoms with Gasteiger partial charge in [0, 0.05) is 13.6 Å². The Kier molecular flexibility index (Phi) is 11.3. The molecule has 1 aromatic carbocycles. The molecule has 1 aromatic heterocycles. The summed E-state index contributed by atoms with van der Waals surface area (Å²) in [5, 5.41) is 15.1. The van der Waals surface area contributed by atoms with Crippen molar-refractivity contribution in [2.75, 3.05) is 18.6 Å². The zero-order chi connectivity index (χ0) is 17.9. The first-order valence-electron chi connectivity index (χ1n) is 8.60. The molecule has 2 N–H and O–H groups in total. The van der Waals surface area contributed by atoms with Crippen LogP contribution in [0.3, 0.4) is 0 Å². The van der Waals surface area contributed by atoms with Gasteiger partial charge in [0.05, 0.1) is 13.1 Å². The first kappa shape index (κ1) is 22.8. The van der Waals surface area contributed by atoms with E-state index in [0.717, 1.165) is 30.6 Å². The average molecular weight is 488 g/mol. The lowest BCUT2D eigenvalue weighted by atomic mass is 10.2. The number of thioether (sulfide) groups is 1. The van der Waals surface area contributed by atoms with Crippen LogP contribution in [-0.4, -0.2) is 39.3 Å². The quantitative estimate of drug-likeness (QED) is 0.246. The smallest absolute Gasteiger partial charge is 0.191 e. The van der Waals surface area contributed by atoms with Crippen molar-refractivity contribution >= 4 is 41.7 Å². The Labute approximate surface area is 177 Å². The molecule has 1 heterocycles. The summed E-state index contributed by atoms with van der Waals surface area (Å²) in [4.78, 5) is 4.70. The van der Waals surface area contributed by atoms with Gasteiger partial charge < -0.3 is 15.2 Å². The third-order valence-electron chi connectivity index (χ3n) is 3.93. The predicted octanol–water partition coefficient (Wildman–Crippen LogP) is 3.12. The van der Waals surface area contributed by atoms with Crippen molar-refractivity contribution in [3.05, 3.63) is 47.5 Å². The zero-order valence-electron chi connectivity index (χ0n) is 15.7. The van der Waals surface area contributed by atoms with E-state index in [1.54, 1.807) is 0 Å². The van der Waals surface area contributed by atoms with Crippen LogP contribution in [0.15, 0.2) is 35.3 Å². The fraction of sp³-hybridized carbons (Fsp3) is 0.500. The molecule has 0 spiro atoms. The van der Waals surface area contributed by atoms with E-state index in [-0.39, 0.29) is 24.0 Å². The van der Waals surface area contributed by atoms with E-state index >= 15 is 0 Å². The van der Waals surface area contributed by atoms with E-state index in [0.29, 0.717) is 13.1 Å². The van der Waals surface area contributed by atoms with Crippen LogP contribution < -0.4 is 10.6 Å². The third kappa shape index (κ3) is 7.94. The van der Waals surface area contributed by atoms with Gasteiger partial charge >= 0.3 is 0 Å². The minimum absolute atomic E-state index is 0. The van der Waals surface area contributed by atoms with Crippen LogP contribution in [0.1, 0.15) is 30.1 Å². The van der Waals surface area contributed by atoms with Crippen LogP contribution in [0, 0.1) is 6.92 Å². The number of aryl methyl sites for hydroxylation is 1. The van der Waals surface area contributed by atoms with Gasteiger partial charge in [0.2, 0.25) is 0 Å². The maximum absolute atomic E-state index is 4.70. The van der Waals surface area contributed by atoms with Crippen LogP contribution in [0.25, 0.3) is 0 Å².